The first kappa shape index (κ1) is 22.1. The molecule has 0 bridgehead atoms. The minimum Gasteiger partial charge on any atom is -0.307 e. The number of nitrogens with zero attached hydrogens (tertiary/aromatic N) is 3. The van der Waals surface area contributed by atoms with E-state index in [1.165, 1.54) is 28.8 Å². The standard InChI is InChI=1S/C22H16Cl2N4O3S/c23-18-11-8-15(12-19(18)24)26-21(29)27(16-4-2-1-3-5-16)22-25-13-20(32-22)14-6-9-17(10-7-14)28(30)31/h1-12,20H,13H2,(H,26,29)/t20-/m0/s1. The molecule has 3 aromatic carbocycles. The average molecular weight is 487 g/mol. The lowest BCUT2D eigenvalue weighted by atomic mass is 10.1. The first-order valence-electron chi connectivity index (χ1n) is 9.49. The number of amides is 2. The van der Waals surface area contributed by atoms with Crippen molar-refractivity contribution in [2.24, 2.45) is 4.99 Å². The molecule has 0 spiro atoms. The Kier molecular flexibility index (Phi) is 6.64. The van der Waals surface area contributed by atoms with E-state index in [1.807, 2.05) is 30.3 Å². The van der Waals surface area contributed by atoms with Gasteiger partial charge in [-0.25, -0.2) is 9.69 Å². The molecule has 0 aliphatic carbocycles. The summed E-state index contributed by atoms with van der Waals surface area (Å²) in [5.41, 5.74) is 2.09. The fourth-order valence-corrected chi connectivity index (χ4v) is 4.55. The van der Waals surface area contributed by atoms with E-state index in [0.29, 0.717) is 33.1 Å². The van der Waals surface area contributed by atoms with E-state index in [4.69, 9.17) is 23.2 Å². The van der Waals surface area contributed by atoms with Crippen LogP contribution in [-0.4, -0.2) is 22.7 Å². The first-order chi connectivity index (χ1) is 15.4. The van der Waals surface area contributed by atoms with Crippen LogP contribution in [0.15, 0.2) is 77.8 Å². The number of benzene rings is 3. The predicted molar refractivity (Wildman–Crippen MR) is 130 cm³/mol. The molecular weight excluding hydrogens is 471 g/mol. The summed E-state index contributed by atoms with van der Waals surface area (Å²) in [4.78, 5) is 29.8. The van der Waals surface area contributed by atoms with Crippen LogP contribution in [0, 0.1) is 10.1 Å². The number of carbonyl (C=O) groups is 1. The van der Waals surface area contributed by atoms with Crippen LogP contribution < -0.4 is 10.2 Å². The molecule has 4 rings (SSSR count). The highest BCUT2D eigenvalue weighted by atomic mass is 35.5. The van der Waals surface area contributed by atoms with Gasteiger partial charge in [-0.05, 0) is 35.9 Å². The highest BCUT2D eigenvalue weighted by molar-refractivity contribution is 8.14. The van der Waals surface area contributed by atoms with E-state index in [1.54, 1.807) is 30.3 Å². The van der Waals surface area contributed by atoms with E-state index < -0.39 is 11.0 Å². The van der Waals surface area contributed by atoms with Crippen LogP contribution in [0.2, 0.25) is 10.0 Å². The third-order valence-corrected chi connectivity index (χ3v) is 6.66. The predicted octanol–water partition coefficient (Wildman–Crippen LogP) is 6.78. The van der Waals surface area contributed by atoms with Gasteiger partial charge in [0.25, 0.3) is 5.69 Å². The van der Waals surface area contributed by atoms with Gasteiger partial charge in [-0.3, -0.25) is 15.1 Å². The van der Waals surface area contributed by atoms with Crippen molar-refractivity contribution in [3.8, 4) is 0 Å². The molecule has 0 aromatic heterocycles. The third-order valence-electron chi connectivity index (χ3n) is 4.70. The second kappa shape index (κ2) is 9.60. The van der Waals surface area contributed by atoms with Crippen molar-refractivity contribution in [1.29, 1.82) is 0 Å². The molecule has 0 fully saturated rings. The van der Waals surface area contributed by atoms with Gasteiger partial charge in [0.05, 0.1) is 32.5 Å². The Morgan fingerprint density at radius 1 is 1.06 bits per heavy atom. The molecule has 1 aliphatic heterocycles. The molecule has 10 heteroatoms. The van der Waals surface area contributed by atoms with Gasteiger partial charge in [0.2, 0.25) is 0 Å². The number of halogens is 2. The van der Waals surface area contributed by atoms with E-state index >= 15 is 0 Å². The smallest absolute Gasteiger partial charge is 0.307 e. The number of para-hydroxylation sites is 1. The maximum atomic E-state index is 13.2. The molecule has 32 heavy (non-hydrogen) atoms. The van der Waals surface area contributed by atoms with Crippen molar-refractivity contribution in [2.75, 3.05) is 16.8 Å². The molecule has 0 radical (unpaired) electrons. The molecule has 1 heterocycles. The molecule has 0 saturated carbocycles. The summed E-state index contributed by atoms with van der Waals surface area (Å²) in [6.45, 7) is 0.446. The molecular formula is C22H16Cl2N4O3S. The largest absolute Gasteiger partial charge is 0.332 e. The topological polar surface area (TPSA) is 87.8 Å². The summed E-state index contributed by atoms with van der Waals surface area (Å²) in [6, 6.07) is 20.0. The number of nitrogens with one attached hydrogen (secondary N) is 1. The summed E-state index contributed by atoms with van der Waals surface area (Å²) in [6.07, 6.45) is 0. The number of carbonyl (C=O) groups excluding carboxylic acids is 1. The van der Waals surface area contributed by atoms with Crippen LogP contribution in [0.4, 0.5) is 21.9 Å². The number of nitro benzene ring substituents is 1. The van der Waals surface area contributed by atoms with Crippen molar-refractivity contribution in [3.63, 3.8) is 0 Å². The van der Waals surface area contributed by atoms with Crippen LogP contribution in [0.25, 0.3) is 0 Å². The minimum absolute atomic E-state index is 0.0322. The number of thioether (sulfide) groups is 1. The number of amidine groups is 1. The Morgan fingerprint density at radius 2 is 1.78 bits per heavy atom. The van der Waals surface area contributed by atoms with Crippen molar-refractivity contribution in [2.45, 2.75) is 5.25 Å². The quantitative estimate of drug-likeness (QED) is 0.324. The normalized spacial score (nSPS) is 15.2. The number of urea groups is 1. The van der Waals surface area contributed by atoms with Crippen LogP contribution in [0.5, 0.6) is 0 Å². The van der Waals surface area contributed by atoms with Crippen LogP contribution in [-0.2, 0) is 0 Å². The van der Waals surface area contributed by atoms with E-state index in [9.17, 15) is 14.9 Å². The molecule has 7 nitrogen and oxygen atoms in total. The Balaban J connectivity index is 1.56. The summed E-state index contributed by atoms with van der Waals surface area (Å²) in [5.74, 6) is 0. The number of hydrogen-bond acceptors (Lipinski definition) is 5. The summed E-state index contributed by atoms with van der Waals surface area (Å²) in [7, 11) is 0. The fraction of sp³-hybridized carbons (Fsp3) is 0.0909. The Bertz CT molecular complexity index is 1190. The van der Waals surface area contributed by atoms with Gasteiger partial charge in [0.1, 0.15) is 0 Å². The molecule has 0 saturated heterocycles. The zero-order chi connectivity index (χ0) is 22.7. The van der Waals surface area contributed by atoms with Gasteiger partial charge >= 0.3 is 6.03 Å². The molecule has 1 N–H and O–H groups in total. The van der Waals surface area contributed by atoms with Gasteiger partial charge in [-0.15, -0.1) is 0 Å². The highest BCUT2D eigenvalue weighted by Gasteiger charge is 2.30. The van der Waals surface area contributed by atoms with Gasteiger partial charge < -0.3 is 5.32 Å². The van der Waals surface area contributed by atoms with Crippen molar-refractivity contribution in [1.82, 2.24) is 0 Å². The van der Waals surface area contributed by atoms with Gasteiger partial charge in [0.15, 0.2) is 5.17 Å². The Morgan fingerprint density at radius 3 is 2.44 bits per heavy atom. The lowest BCUT2D eigenvalue weighted by Gasteiger charge is -2.23. The molecule has 162 valence electrons. The second-order valence-corrected chi connectivity index (χ2v) is 8.79. The van der Waals surface area contributed by atoms with Crippen LogP contribution >= 0.6 is 35.0 Å². The van der Waals surface area contributed by atoms with E-state index in [-0.39, 0.29) is 10.9 Å². The van der Waals surface area contributed by atoms with Crippen molar-refractivity contribution < 1.29 is 9.72 Å². The molecule has 1 atom stereocenters. The number of nitro groups is 1. The highest BCUT2D eigenvalue weighted by Crippen LogP contribution is 2.38. The first-order valence-corrected chi connectivity index (χ1v) is 11.1. The minimum atomic E-state index is -0.433. The molecule has 1 aliphatic rings. The van der Waals surface area contributed by atoms with Gasteiger partial charge in [-0.1, -0.05) is 65.3 Å². The van der Waals surface area contributed by atoms with Gasteiger partial charge in [0, 0.05) is 17.8 Å². The zero-order valence-electron chi connectivity index (χ0n) is 16.4. The van der Waals surface area contributed by atoms with Crippen molar-refractivity contribution >= 4 is 63.2 Å². The second-order valence-electron chi connectivity index (χ2n) is 6.81. The Labute approximate surface area is 198 Å². The molecule has 2 amide bonds. The third kappa shape index (κ3) is 4.88. The van der Waals surface area contributed by atoms with Gasteiger partial charge in [-0.2, -0.15) is 0 Å². The number of aliphatic imine (C=N–C) groups is 1. The number of anilines is 2. The van der Waals surface area contributed by atoms with Crippen molar-refractivity contribution in [3.05, 3.63) is 98.5 Å². The summed E-state index contributed by atoms with van der Waals surface area (Å²) >= 11 is 13.5. The maximum absolute atomic E-state index is 13.2. The average Bonchev–Trinajstić information content (AvgIpc) is 3.27. The number of rotatable bonds is 4. The van der Waals surface area contributed by atoms with Crippen LogP contribution in [0.3, 0.4) is 0 Å². The molecule has 0 unspecified atom stereocenters. The Hall–Kier alpha value is -3.07. The maximum Gasteiger partial charge on any atom is 0.332 e. The fourth-order valence-electron chi connectivity index (χ4n) is 3.12. The summed E-state index contributed by atoms with van der Waals surface area (Å²) in [5, 5.41) is 14.9. The lowest BCUT2D eigenvalue weighted by molar-refractivity contribution is -0.384. The summed E-state index contributed by atoms with van der Waals surface area (Å²) < 4.78 is 0. The lowest BCUT2D eigenvalue weighted by Crippen LogP contribution is -2.38. The SMILES string of the molecule is O=C(Nc1ccc(Cl)c(Cl)c1)N(C1=NC[C@@H](c2ccc([N+](=O)[O-])cc2)S1)c1ccccc1. The van der Waals surface area contributed by atoms with E-state index in [0.717, 1.165) is 5.56 Å². The van der Waals surface area contributed by atoms with Crippen LogP contribution in [0.1, 0.15) is 10.8 Å². The molecule has 3 aromatic rings. The zero-order valence-corrected chi connectivity index (χ0v) is 18.8. The monoisotopic (exact) mass is 486 g/mol. The van der Waals surface area contributed by atoms with E-state index in [2.05, 4.69) is 10.3 Å². The number of hydrogen-bond donors (Lipinski definition) is 1. The number of non-ortho nitro benzene ring substituents is 1.